The van der Waals surface area contributed by atoms with Gasteiger partial charge >= 0.3 is 0 Å². The summed E-state index contributed by atoms with van der Waals surface area (Å²) in [7, 11) is 3.48. The highest BCUT2D eigenvalue weighted by atomic mass is 127. The van der Waals surface area contributed by atoms with E-state index in [9.17, 15) is 4.79 Å². The topological polar surface area (TPSA) is 74.6 Å². The van der Waals surface area contributed by atoms with E-state index >= 15 is 0 Å². The van der Waals surface area contributed by atoms with Gasteiger partial charge in [-0.1, -0.05) is 30.3 Å². The smallest absolute Gasteiger partial charge is 0.241 e. The first kappa shape index (κ1) is 21.9. The van der Waals surface area contributed by atoms with E-state index in [-0.39, 0.29) is 36.4 Å². The van der Waals surface area contributed by atoms with Crippen molar-refractivity contribution in [3.05, 3.63) is 54.4 Å². The molecule has 8 heteroatoms. The summed E-state index contributed by atoms with van der Waals surface area (Å²) in [5, 5.41) is 10.5. The van der Waals surface area contributed by atoms with Crippen LogP contribution in [0.2, 0.25) is 0 Å². The largest absolute Gasteiger partial charge is 0.356 e. The van der Waals surface area contributed by atoms with Crippen molar-refractivity contribution in [2.45, 2.75) is 19.5 Å². The second kappa shape index (κ2) is 12.3. The summed E-state index contributed by atoms with van der Waals surface area (Å²) in [6.45, 7) is 2.36. The lowest BCUT2D eigenvalue weighted by Crippen LogP contribution is -2.43. The first-order chi connectivity index (χ1) is 12.1. The Balaban J connectivity index is 0.00000338. The number of nitrogens with zero attached hydrogens (tertiary/aromatic N) is 4. The molecule has 2 rings (SSSR count). The van der Waals surface area contributed by atoms with E-state index in [1.54, 1.807) is 25.2 Å². The summed E-state index contributed by atoms with van der Waals surface area (Å²) >= 11 is 0. The Morgan fingerprint density at radius 2 is 1.96 bits per heavy atom. The highest BCUT2D eigenvalue weighted by Crippen LogP contribution is 2.00. The third-order valence-corrected chi connectivity index (χ3v) is 3.58. The van der Waals surface area contributed by atoms with E-state index in [0.717, 1.165) is 25.1 Å². The number of aromatic nitrogens is 2. The monoisotopic (exact) mass is 470 g/mol. The molecule has 2 N–H and O–H groups in total. The van der Waals surface area contributed by atoms with E-state index in [0.29, 0.717) is 12.5 Å². The molecule has 0 atom stereocenters. The van der Waals surface area contributed by atoms with Crippen molar-refractivity contribution >= 4 is 35.8 Å². The highest BCUT2D eigenvalue weighted by molar-refractivity contribution is 14.0. The molecule has 1 amide bonds. The molecule has 0 unspecified atom stereocenters. The molecule has 0 fully saturated rings. The van der Waals surface area contributed by atoms with Gasteiger partial charge in [-0.25, -0.2) is 4.99 Å². The summed E-state index contributed by atoms with van der Waals surface area (Å²) in [4.78, 5) is 17.9. The Labute approximate surface area is 171 Å². The van der Waals surface area contributed by atoms with Crippen LogP contribution < -0.4 is 10.6 Å². The Morgan fingerprint density at radius 3 is 2.62 bits per heavy atom. The van der Waals surface area contributed by atoms with E-state index in [1.807, 2.05) is 47.3 Å². The number of hydrogen-bond acceptors (Lipinski definition) is 3. The van der Waals surface area contributed by atoms with Gasteiger partial charge in [-0.2, -0.15) is 5.10 Å². The fourth-order valence-corrected chi connectivity index (χ4v) is 2.13. The SMILES string of the molecule is CN(C)C(=O)CNC(=NCc1ccccc1)NCCCn1cccn1.I. The van der Waals surface area contributed by atoms with Crippen LogP contribution in [0.25, 0.3) is 0 Å². The molecule has 1 heterocycles. The van der Waals surface area contributed by atoms with Crippen molar-refractivity contribution in [3.63, 3.8) is 0 Å². The van der Waals surface area contributed by atoms with Crippen LogP contribution >= 0.6 is 24.0 Å². The zero-order valence-electron chi connectivity index (χ0n) is 15.3. The highest BCUT2D eigenvalue weighted by Gasteiger charge is 2.05. The lowest BCUT2D eigenvalue weighted by atomic mass is 10.2. The van der Waals surface area contributed by atoms with Crippen LogP contribution in [-0.2, 0) is 17.9 Å². The van der Waals surface area contributed by atoms with Crippen LogP contribution in [-0.4, -0.2) is 53.7 Å². The number of hydrogen-bond donors (Lipinski definition) is 2. The van der Waals surface area contributed by atoms with Crippen molar-refractivity contribution in [1.82, 2.24) is 25.3 Å². The fourth-order valence-electron chi connectivity index (χ4n) is 2.13. The Kier molecular flexibility index (Phi) is 10.4. The predicted octanol–water partition coefficient (Wildman–Crippen LogP) is 1.71. The molecule has 1 aromatic heterocycles. The summed E-state index contributed by atoms with van der Waals surface area (Å²) in [5.74, 6) is 0.644. The van der Waals surface area contributed by atoms with Gasteiger partial charge in [-0.05, 0) is 18.1 Å². The number of carbonyl (C=O) groups excluding carboxylic acids is 1. The van der Waals surface area contributed by atoms with Gasteiger partial charge in [0.2, 0.25) is 5.91 Å². The standard InChI is InChI=1S/C18H26N6O.HI/c1-23(2)17(25)15-21-18(20-14-16-8-4-3-5-9-16)19-10-6-12-24-13-7-11-22-24;/h3-5,7-9,11,13H,6,10,12,14-15H2,1-2H3,(H2,19,20,21);1H. The third kappa shape index (κ3) is 8.32. The number of halogens is 1. The van der Waals surface area contributed by atoms with Gasteiger partial charge in [0.05, 0.1) is 13.1 Å². The minimum absolute atomic E-state index is 0. The molecule has 7 nitrogen and oxygen atoms in total. The predicted molar refractivity (Wildman–Crippen MR) is 115 cm³/mol. The molecule has 0 aliphatic carbocycles. The number of aryl methyl sites for hydroxylation is 1. The number of likely N-dealkylation sites (N-methyl/N-ethyl adjacent to an activating group) is 1. The van der Waals surface area contributed by atoms with E-state index in [4.69, 9.17) is 0 Å². The summed E-state index contributed by atoms with van der Waals surface area (Å²) in [6.07, 6.45) is 4.63. The van der Waals surface area contributed by atoms with E-state index < -0.39 is 0 Å². The van der Waals surface area contributed by atoms with Crippen molar-refractivity contribution in [1.29, 1.82) is 0 Å². The minimum atomic E-state index is 0. The van der Waals surface area contributed by atoms with Crippen LogP contribution in [0.4, 0.5) is 0 Å². The normalized spacial score (nSPS) is 10.8. The molecule has 1 aromatic carbocycles. The maximum Gasteiger partial charge on any atom is 0.241 e. The quantitative estimate of drug-likeness (QED) is 0.267. The minimum Gasteiger partial charge on any atom is -0.356 e. The second-order valence-electron chi connectivity index (χ2n) is 5.84. The Bertz CT molecular complexity index is 658. The average Bonchev–Trinajstić information content (AvgIpc) is 3.14. The number of guanidine groups is 1. The third-order valence-electron chi connectivity index (χ3n) is 3.58. The first-order valence-electron chi connectivity index (χ1n) is 8.39. The van der Waals surface area contributed by atoms with Crippen LogP contribution in [0.1, 0.15) is 12.0 Å². The number of amides is 1. The van der Waals surface area contributed by atoms with Crippen molar-refractivity contribution in [2.24, 2.45) is 4.99 Å². The summed E-state index contributed by atoms with van der Waals surface area (Å²) in [6, 6.07) is 11.9. The first-order valence-corrected chi connectivity index (χ1v) is 8.39. The lowest BCUT2D eigenvalue weighted by Gasteiger charge is -2.15. The maximum atomic E-state index is 11.8. The number of carbonyl (C=O) groups is 1. The molecule has 0 saturated heterocycles. The number of rotatable bonds is 8. The molecule has 0 radical (unpaired) electrons. The zero-order chi connectivity index (χ0) is 17.9. The molecule has 0 spiro atoms. The zero-order valence-corrected chi connectivity index (χ0v) is 17.6. The van der Waals surface area contributed by atoms with Crippen LogP contribution in [0.5, 0.6) is 0 Å². The van der Waals surface area contributed by atoms with Crippen molar-refractivity contribution in [3.8, 4) is 0 Å². The molecule has 0 aliphatic rings. The van der Waals surface area contributed by atoms with Gasteiger partial charge in [0, 0.05) is 39.6 Å². The molecule has 26 heavy (non-hydrogen) atoms. The average molecular weight is 470 g/mol. The second-order valence-corrected chi connectivity index (χ2v) is 5.84. The molecular formula is C18H27IN6O. The number of aliphatic imine (C=N–C) groups is 1. The molecular weight excluding hydrogens is 443 g/mol. The summed E-state index contributed by atoms with van der Waals surface area (Å²) < 4.78 is 1.89. The molecule has 0 saturated carbocycles. The van der Waals surface area contributed by atoms with E-state index in [1.165, 1.54) is 0 Å². The number of benzene rings is 1. The maximum absolute atomic E-state index is 11.8. The molecule has 0 aliphatic heterocycles. The van der Waals surface area contributed by atoms with Crippen molar-refractivity contribution in [2.75, 3.05) is 27.2 Å². The lowest BCUT2D eigenvalue weighted by molar-refractivity contribution is -0.127. The molecule has 0 bridgehead atoms. The number of nitrogens with one attached hydrogen (secondary N) is 2. The summed E-state index contributed by atoms with van der Waals surface area (Å²) in [5.41, 5.74) is 1.12. The van der Waals surface area contributed by atoms with Crippen LogP contribution in [0.15, 0.2) is 53.8 Å². The van der Waals surface area contributed by atoms with Crippen LogP contribution in [0.3, 0.4) is 0 Å². The molecule has 142 valence electrons. The van der Waals surface area contributed by atoms with Gasteiger partial charge < -0.3 is 15.5 Å². The Hall–Kier alpha value is -2.10. The molecule has 2 aromatic rings. The van der Waals surface area contributed by atoms with Gasteiger partial charge in [-0.3, -0.25) is 9.48 Å². The van der Waals surface area contributed by atoms with Gasteiger partial charge in [0.1, 0.15) is 0 Å². The van der Waals surface area contributed by atoms with Gasteiger partial charge in [0.25, 0.3) is 0 Å². The fraction of sp³-hybridized carbons (Fsp3) is 0.389. The van der Waals surface area contributed by atoms with Gasteiger partial charge in [-0.15, -0.1) is 24.0 Å². The van der Waals surface area contributed by atoms with Crippen LogP contribution in [0, 0.1) is 0 Å². The van der Waals surface area contributed by atoms with Crippen molar-refractivity contribution < 1.29 is 4.79 Å². The Morgan fingerprint density at radius 1 is 1.19 bits per heavy atom. The van der Waals surface area contributed by atoms with E-state index in [2.05, 4.69) is 20.7 Å². The van der Waals surface area contributed by atoms with Gasteiger partial charge in [0.15, 0.2) is 5.96 Å².